The number of benzene rings is 1. The van der Waals surface area contributed by atoms with Crippen LogP contribution < -0.4 is 10.1 Å². The SMILES string of the molecule is CC(C)CCOc1ccc(C(=O)O)cc1NC=C(C#N)c1nn[nH]n1. The molecule has 0 atom stereocenters. The summed E-state index contributed by atoms with van der Waals surface area (Å²) >= 11 is 0. The van der Waals surface area contributed by atoms with Crippen LogP contribution in [0, 0.1) is 17.2 Å². The fourth-order valence-corrected chi connectivity index (χ4v) is 1.88. The fraction of sp³-hybridized carbons (Fsp3) is 0.312. The third kappa shape index (κ3) is 5.04. The van der Waals surface area contributed by atoms with Gasteiger partial charge in [0.25, 0.3) is 0 Å². The largest absolute Gasteiger partial charge is 0.491 e. The van der Waals surface area contributed by atoms with Gasteiger partial charge in [0.1, 0.15) is 17.4 Å². The molecule has 130 valence electrons. The standard InChI is InChI=1S/C16H18N6O3/c1-10(2)5-6-25-14-4-3-11(16(23)24)7-13(14)18-9-12(8-17)15-19-21-22-20-15/h3-4,7,9-10,18H,5-6H2,1-2H3,(H,23,24)(H,19,20,21,22). The number of ether oxygens (including phenoxy) is 1. The molecule has 2 aromatic rings. The predicted octanol–water partition coefficient (Wildman–Crippen LogP) is 2.30. The maximum Gasteiger partial charge on any atom is 0.335 e. The number of aromatic nitrogens is 4. The number of nitrogens with zero attached hydrogens (tertiary/aromatic N) is 4. The zero-order chi connectivity index (χ0) is 18.2. The number of nitrogens with one attached hydrogen (secondary N) is 2. The molecule has 0 amide bonds. The Morgan fingerprint density at radius 3 is 2.92 bits per heavy atom. The number of anilines is 1. The summed E-state index contributed by atoms with van der Waals surface area (Å²) in [5.74, 6) is 0.0523. The van der Waals surface area contributed by atoms with Gasteiger partial charge >= 0.3 is 5.97 Å². The predicted molar refractivity (Wildman–Crippen MR) is 89.7 cm³/mol. The Kier molecular flexibility index (Phi) is 6.06. The zero-order valence-corrected chi connectivity index (χ0v) is 13.9. The molecule has 2 rings (SSSR count). The number of carbonyl (C=O) groups is 1. The number of allylic oxidation sites excluding steroid dienone is 1. The monoisotopic (exact) mass is 342 g/mol. The Hall–Kier alpha value is -3.41. The van der Waals surface area contributed by atoms with Crippen LogP contribution in [0.1, 0.15) is 36.5 Å². The lowest BCUT2D eigenvalue weighted by Crippen LogP contribution is -2.05. The molecule has 0 aliphatic rings. The molecule has 3 N–H and O–H groups in total. The summed E-state index contributed by atoms with van der Waals surface area (Å²) in [6.45, 7) is 4.67. The number of hydrogen-bond donors (Lipinski definition) is 3. The summed E-state index contributed by atoms with van der Waals surface area (Å²) in [6.07, 6.45) is 2.24. The quantitative estimate of drug-likeness (QED) is 0.621. The third-order valence-corrected chi connectivity index (χ3v) is 3.26. The van der Waals surface area contributed by atoms with E-state index >= 15 is 0 Å². The first kappa shape index (κ1) is 17.9. The molecule has 0 aliphatic heterocycles. The molecule has 0 saturated carbocycles. The minimum atomic E-state index is -1.06. The number of aromatic amines is 1. The Morgan fingerprint density at radius 1 is 1.52 bits per heavy atom. The number of H-pyrrole nitrogens is 1. The van der Waals surface area contributed by atoms with E-state index in [9.17, 15) is 10.1 Å². The molecule has 25 heavy (non-hydrogen) atoms. The van der Waals surface area contributed by atoms with Crippen molar-refractivity contribution in [3.8, 4) is 11.8 Å². The van der Waals surface area contributed by atoms with Crippen molar-refractivity contribution < 1.29 is 14.6 Å². The van der Waals surface area contributed by atoms with Crippen LogP contribution in [0.4, 0.5) is 5.69 Å². The van der Waals surface area contributed by atoms with E-state index in [4.69, 9.17) is 9.84 Å². The molecule has 0 aliphatic carbocycles. The van der Waals surface area contributed by atoms with Gasteiger partial charge in [-0.05, 0) is 35.8 Å². The minimum absolute atomic E-state index is 0.102. The Labute approximate surface area is 144 Å². The van der Waals surface area contributed by atoms with Crippen LogP contribution >= 0.6 is 0 Å². The second-order valence-electron chi connectivity index (χ2n) is 5.60. The third-order valence-electron chi connectivity index (χ3n) is 3.26. The van der Waals surface area contributed by atoms with Crippen LogP contribution in [0.5, 0.6) is 5.75 Å². The molecule has 1 aromatic carbocycles. The van der Waals surface area contributed by atoms with E-state index in [-0.39, 0.29) is 17.0 Å². The lowest BCUT2D eigenvalue weighted by Gasteiger charge is -2.13. The highest BCUT2D eigenvalue weighted by atomic mass is 16.5. The van der Waals surface area contributed by atoms with E-state index in [1.54, 1.807) is 6.07 Å². The highest BCUT2D eigenvalue weighted by molar-refractivity contribution is 5.90. The first-order chi connectivity index (χ1) is 12.0. The average Bonchev–Trinajstić information content (AvgIpc) is 3.10. The molecular weight excluding hydrogens is 324 g/mol. The number of tetrazole rings is 1. The topological polar surface area (TPSA) is 137 Å². The van der Waals surface area contributed by atoms with Gasteiger partial charge in [0.05, 0.1) is 17.9 Å². The maximum absolute atomic E-state index is 11.2. The first-order valence-corrected chi connectivity index (χ1v) is 7.62. The van der Waals surface area contributed by atoms with Gasteiger partial charge in [-0.15, -0.1) is 10.2 Å². The van der Waals surface area contributed by atoms with Crippen LogP contribution in [0.2, 0.25) is 0 Å². The second kappa shape index (κ2) is 8.44. The van der Waals surface area contributed by atoms with E-state index in [1.165, 1.54) is 18.3 Å². The van der Waals surface area contributed by atoms with E-state index < -0.39 is 5.97 Å². The molecule has 9 heteroatoms. The van der Waals surface area contributed by atoms with E-state index in [2.05, 4.69) is 39.8 Å². The van der Waals surface area contributed by atoms with Crippen molar-refractivity contribution in [2.75, 3.05) is 11.9 Å². The summed E-state index contributed by atoms with van der Waals surface area (Å²) < 4.78 is 5.72. The zero-order valence-electron chi connectivity index (χ0n) is 13.9. The van der Waals surface area contributed by atoms with Gasteiger partial charge in [-0.25, -0.2) is 4.79 Å². The van der Waals surface area contributed by atoms with Crippen molar-refractivity contribution in [2.45, 2.75) is 20.3 Å². The summed E-state index contributed by atoms with van der Waals surface area (Å²) in [7, 11) is 0. The minimum Gasteiger partial charge on any atom is -0.491 e. The fourth-order valence-electron chi connectivity index (χ4n) is 1.88. The van der Waals surface area contributed by atoms with Crippen LogP contribution in [-0.2, 0) is 0 Å². The number of aromatic carboxylic acids is 1. The van der Waals surface area contributed by atoms with Gasteiger partial charge in [0.15, 0.2) is 0 Å². The normalized spacial score (nSPS) is 11.2. The lowest BCUT2D eigenvalue weighted by atomic mass is 10.1. The highest BCUT2D eigenvalue weighted by Crippen LogP contribution is 2.27. The van der Waals surface area contributed by atoms with Gasteiger partial charge in [-0.1, -0.05) is 13.8 Å². The molecule has 1 aromatic heterocycles. The van der Waals surface area contributed by atoms with Gasteiger partial charge < -0.3 is 15.2 Å². The molecule has 0 radical (unpaired) electrons. The Balaban J connectivity index is 2.24. The Morgan fingerprint density at radius 2 is 2.32 bits per heavy atom. The van der Waals surface area contributed by atoms with Gasteiger partial charge in [0, 0.05) is 6.20 Å². The summed E-state index contributed by atoms with van der Waals surface area (Å²) in [4.78, 5) is 11.2. The molecule has 9 nitrogen and oxygen atoms in total. The average molecular weight is 342 g/mol. The summed E-state index contributed by atoms with van der Waals surface area (Å²) in [5, 5.41) is 34.4. The van der Waals surface area contributed by atoms with Crippen molar-refractivity contribution in [3.63, 3.8) is 0 Å². The van der Waals surface area contributed by atoms with Crippen molar-refractivity contribution in [2.24, 2.45) is 5.92 Å². The van der Waals surface area contributed by atoms with Crippen molar-refractivity contribution in [3.05, 3.63) is 35.8 Å². The van der Waals surface area contributed by atoms with Gasteiger partial charge in [-0.3, -0.25) is 0 Å². The Bertz CT molecular complexity index is 793. The number of carboxylic acids is 1. The first-order valence-electron chi connectivity index (χ1n) is 7.62. The molecule has 0 saturated heterocycles. The smallest absolute Gasteiger partial charge is 0.335 e. The lowest BCUT2D eigenvalue weighted by molar-refractivity contribution is 0.0697. The summed E-state index contributed by atoms with van der Waals surface area (Å²) in [6, 6.07) is 6.43. The maximum atomic E-state index is 11.2. The highest BCUT2D eigenvalue weighted by Gasteiger charge is 2.11. The number of carboxylic acid groups (broad SMARTS) is 1. The summed E-state index contributed by atoms with van der Waals surface area (Å²) in [5.41, 5.74) is 0.674. The molecular formula is C16H18N6O3. The number of hydrogen-bond acceptors (Lipinski definition) is 7. The molecule has 0 fully saturated rings. The van der Waals surface area contributed by atoms with Crippen molar-refractivity contribution >= 4 is 17.2 Å². The van der Waals surface area contributed by atoms with Crippen molar-refractivity contribution in [1.82, 2.24) is 20.6 Å². The molecule has 0 bridgehead atoms. The van der Waals surface area contributed by atoms with E-state index in [0.717, 1.165) is 6.42 Å². The van der Waals surface area contributed by atoms with Crippen molar-refractivity contribution in [1.29, 1.82) is 5.26 Å². The number of nitriles is 1. The molecule has 1 heterocycles. The molecule has 0 unspecified atom stereocenters. The second-order valence-corrected chi connectivity index (χ2v) is 5.60. The van der Waals surface area contributed by atoms with Gasteiger partial charge in [0.2, 0.25) is 5.82 Å². The van der Waals surface area contributed by atoms with Crippen LogP contribution in [0.25, 0.3) is 5.57 Å². The van der Waals surface area contributed by atoms with Crippen LogP contribution in [0.15, 0.2) is 24.4 Å². The van der Waals surface area contributed by atoms with Crippen LogP contribution in [-0.4, -0.2) is 38.3 Å². The van der Waals surface area contributed by atoms with Gasteiger partial charge in [-0.2, -0.15) is 10.5 Å². The number of rotatable bonds is 8. The van der Waals surface area contributed by atoms with E-state index in [1.807, 2.05) is 6.07 Å². The van der Waals surface area contributed by atoms with Crippen LogP contribution in [0.3, 0.4) is 0 Å². The van der Waals surface area contributed by atoms with E-state index in [0.29, 0.717) is 24.0 Å². The molecule has 0 spiro atoms.